The van der Waals surface area contributed by atoms with E-state index in [4.69, 9.17) is 5.26 Å². The number of fused-ring (bicyclic) bond motifs is 1. The van der Waals surface area contributed by atoms with Crippen LogP contribution in [0, 0.1) is 11.3 Å². The molecule has 0 aliphatic carbocycles. The van der Waals surface area contributed by atoms with E-state index in [-0.39, 0.29) is 11.8 Å². The Morgan fingerprint density at radius 1 is 1.24 bits per heavy atom. The maximum atomic E-state index is 12.2. The van der Waals surface area contributed by atoms with E-state index in [2.05, 4.69) is 22.8 Å². The molecule has 0 fully saturated rings. The third-order valence-corrected chi connectivity index (χ3v) is 3.69. The zero-order valence-electron chi connectivity index (χ0n) is 11.5. The molecule has 0 aromatic heterocycles. The second kappa shape index (κ2) is 5.68. The van der Waals surface area contributed by atoms with Crippen LogP contribution in [0.2, 0.25) is 0 Å². The second-order valence-corrected chi connectivity index (χ2v) is 5.07. The van der Waals surface area contributed by atoms with Gasteiger partial charge in [-0.3, -0.25) is 4.79 Å². The molecule has 4 heteroatoms. The highest BCUT2D eigenvalue weighted by atomic mass is 16.1. The molecule has 0 saturated heterocycles. The summed E-state index contributed by atoms with van der Waals surface area (Å²) in [4.78, 5) is 12.2. The number of hydrogen-bond acceptors (Lipinski definition) is 3. The van der Waals surface area contributed by atoms with Crippen molar-refractivity contribution in [2.75, 3.05) is 17.2 Å². The van der Waals surface area contributed by atoms with E-state index in [0.29, 0.717) is 17.7 Å². The summed E-state index contributed by atoms with van der Waals surface area (Å²) in [6.45, 7) is 0.770. The molecular formula is C17H15N3O. The molecule has 1 atom stereocenters. The molecule has 1 aliphatic rings. The van der Waals surface area contributed by atoms with Gasteiger partial charge in [0.05, 0.1) is 11.3 Å². The largest absolute Gasteiger partial charge is 0.384 e. The first-order valence-electron chi connectivity index (χ1n) is 6.89. The number of amides is 1. The predicted molar refractivity (Wildman–Crippen MR) is 82.1 cm³/mol. The number of para-hydroxylation sites is 2. The van der Waals surface area contributed by atoms with Crippen molar-refractivity contribution in [2.24, 2.45) is 0 Å². The van der Waals surface area contributed by atoms with Gasteiger partial charge in [0.25, 0.3) is 0 Å². The van der Waals surface area contributed by atoms with E-state index in [0.717, 1.165) is 12.2 Å². The van der Waals surface area contributed by atoms with E-state index < -0.39 is 0 Å². The van der Waals surface area contributed by atoms with Gasteiger partial charge in [0.2, 0.25) is 5.91 Å². The number of carbonyl (C=O) groups excluding carboxylic acids is 1. The summed E-state index contributed by atoms with van der Waals surface area (Å²) >= 11 is 0. The monoisotopic (exact) mass is 277 g/mol. The summed E-state index contributed by atoms with van der Waals surface area (Å²) in [5, 5.41) is 15.2. The fraction of sp³-hybridized carbons (Fsp3) is 0.176. The highest BCUT2D eigenvalue weighted by Gasteiger charge is 2.24. The van der Waals surface area contributed by atoms with Gasteiger partial charge in [-0.05, 0) is 23.8 Å². The Balaban J connectivity index is 1.70. The average Bonchev–Trinajstić information content (AvgIpc) is 2.91. The SMILES string of the molecule is N#Cc1ccccc1NC(=O)CC1CNc2ccccc21. The van der Waals surface area contributed by atoms with Crippen LogP contribution in [0.1, 0.15) is 23.5 Å². The van der Waals surface area contributed by atoms with Crippen LogP contribution in [0.15, 0.2) is 48.5 Å². The molecule has 1 heterocycles. The van der Waals surface area contributed by atoms with Crippen molar-refractivity contribution in [3.8, 4) is 6.07 Å². The summed E-state index contributed by atoms with van der Waals surface area (Å²) < 4.78 is 0. The van der Waals surface area contributed by atoms with Gasteiger partial charge in [0.1, 0.15) is 6.07 Å². The zero-order valence-corrected chi connectivity index (χ0v) is 11.5. The number of nitriles is 1. The van der Waals surface area contributed by atoms with Crippen molar-refractivity contribution in [2.45, 2.75) is 12.3 Å². The smallest absolute Gasteiger partial charge is 0.225 e. The molecule has 2 aromatic rings. The molecule has 3 rings (SSSR count). The van der Waals surface area contributed by atoms with Crippen molar-refractivity contribution in [1.82, 2.24) is 0 Å². The number of benzene rings is 2. The van der Waals surface area contributed by atoms with Gasteiger partial charge in [-0.1, -0.05) is 30.3 Å². The molecule has 0 spiro atoms. The number of nitrogens with zero attached hydrogens (tertiary/aromatic N) is 1. The van der Waals surface area contributed by atoms with E-state index >= 15 is 0 Å². The molecule has 2 N–H and O–H groups in total. The lowest BCUT2D eigenvalue weighted by Crippen LogP contribution is -2.17. The van der Waals surface area contributed by atoms with E-state index in [9.17, 15) is 4.79 Å². The molecule has 0 saturated carbocycles. The lowest BCUT2D eigenvalue weighted by atomic mass is 9.97. The van der Waals surface area contributed by atoms with Gasteiger partial charge in [0, 0.05) is 24.6 Å². The highest BCUT2D eigenvalue weighted by molar-refractivity contribution is 5.93. The highest BCUT2D eigenvalue weighted by Crippen LogP contribution is 2.33. The Morgan fingerprint density at radius 3 is 2.86 bits per heavy atom. The minimum absolute atomic E-state index is 0.0683. The molecule has 0 bridgehead atoms. The molecule has 1 aliphatic heterocycles. The normalized spacial score (nSPS) is 15.7. The van der Waals surface area contributed by atoms with Gasteiger partial charge in [-0.2, -0.15) is 5.26 Å². The summed E-state index contributed by atoms with van der Waals surface area (Å²) in [6.07, 6.45) is 0.407. The standard InChI is InChI=1S/C17H15N3O/c18-10-12-5-1-3-7-15(12)20-17(21)9-13-11-19-16-8-4-2-6-14(13)16/h1-8,13,19H,9,11H2,(H,20,21). The van der Waals surface area contributed by atoms with Crippen LogP contribution in [0.25, 0.3) is 0 Å². The summed E-state index contributed by atoms with van der Waals surface area (Å²) in [5.41, 5.74) is 3.34. The molecule has 1 unspecified atom stereocenters. The fourth-order valence-corrected chi connectivity index (χ4v) is 2.65. The zero-order chi connectivity index (χ0) is 14.7. The Kier molecular flexibility index (Phi) is 3.57. The lowest BCUT2D eigenvalue weighted by Gasteiger charge is -2.11. The average molecular weight is 277 g/mol. The fourth-order valence-electron chi connectivity index (χ4n) is 2.65. The first kappa shape index (κ1) is 13.2. The molecule has 1 amide bonds. The van der Waals surface area contributed by atoms with Gasteiger partial charge in [0.15, 0.2) is 0 Å². The number of hydrogen-bond donors (Lipinski definition) is 2. The second-order valence-electron chi connectivity index (χ2n) is 5.07. The van der Waals surface area contributed by atoms with Crippen molar-refractivity contribution < 1.29 is 4.79 Å². The third-order valence-electron chi connectivity index (χ3n) is 3.69. The minimum atomic E-state index is -0.0683. The lowest BCUT2D eigenvalue weighted by molar-refractivity contribution is -0.116. The van der Waals surface area contributed by atoms with E-state index in [1.165, 1.54) is 5.56 Å². The molecule has 2 aromatic carbocycles. The molecule has 0 radical (unpaired) electrons. The van der Waals surface area contributed by atoms with Crippen LogP contribution >= 0.6 is 0 Å². The topological polar surface area (TPSA) is 64.9 Å². The molecule has 104 valence electrons. The van der Waals surface area contributed by atoms with Crippen molar-refractivity contribution in [3.63, 3.8) is 0 Å². The third kappa shape index (κ3) is 2.72. The maximum Gasteiger partial charge on any atom is 0.225 e. The van der Waals surface area contributed by atoms with Gasteiger partial charge in [-0.25, -0.2) is 0 Å². The number of carbonyl (C=O) groups is 1. The van der Waals surface area contributed by atoms with Crippen molar-refractivity contribution in [1.29, 1.82) is 5.26 Å². The van der Waals surface area contributed by atoms with Crippen LogP contribution < -0.4 is 10.6 Å². The number of rotatable bonds is 3. The molecular weight excluding hydrogens is 262 g/mol. The van der Waals surface area contributed by atoms with Gasteiger partial charge in [-0.15, -0.1) is 0 Å². The van der Waals surface area contributed by atoms with Crippen LogP contribution in [0.5, 0.6) is 0 Å². The Bertz CT molecular complexity index is 718. The van der Waals surface area contributed by atoms with Gasteiger partial charge < -0.3 is 10.6 Å². The maximum absolute atomic E-state index is 12.2. The quantitative estimate of drug-likeness (QED) is 0.906. The Morgan fingerprint density at radius 2 is 2.00 bits per heavy atom. The van der Waals surface area contributed by atoms with Gasteiger partial charge >= 0.3 is 0 Å². The minimum Gasteiger partial charge on any atom is -0.384 e. The first-order valence-corrected chi connectivity index (χ1v) is 6.89. The molecule has 4 nitrogen and oxygen atoms in total. The summed E-state index contributed by atoms with van der Waals surface area (Å²) in [6, 6.07) is 17.2. The van der Waals surface area contributed by atoms with Crippen LogP contribution in [-0.4, -0.2) is 12.5 Å². The van der Waals surface area contributed by atoms with E-state index in [1.54, 1.807) is 18.2 Å². The number of anilines is 2. The van der Waals surface area contributed by atoms with Crippen LogP contribution in [0.3, 0.4) is 0 Å². The Hall–Kier alpha value is -2.80. The van der Waals surface area contributed by atoms with Crippen LogP contribution in [0.4, 0.5) is 11.4 Å². The molecule has 21 heavy (non-hydrogen) atoms. The van der Waals surface area contributed by atoms with Crippen LogP contribution in [-0.2, 0) is 4.79 Å². The van der Waals surface area contributed by atoms with Crippen molar-refractivity contribution in [3.05, 3.63) is 59.7 Å². The van der Waals surface area contributed by atoms with Crippen molar-refractivity contribution >= 4 is 17.3 Å². The number of nitrogens with one attached hydrogen (secondary N) is 2. The van der Waals surface area contributed by atoms with E-state index in [1.807, 2.05) is 24.3 Å². The summed E-state index contributed by atoms with van der Waals surface area (Å²) in [5.74, 6) is 0.108. The summed E-state index contributed by atoms with van der Waals surface area (Å²) in [7, 11) is 0. The predicted octanol–water partition coefficient (Wildman–Crippen LogP) is 3.10. The first-order chi connectivity index (χ1) is 10.3. The Labute approximate surface area is 123 Å².